The van der Waals surface area contributed by atoms with Gasteiger partial charge in [-0.15, -0.1) is 0 Å². The first-order valence-corrected chi connectivity index (χ1v) is 11.6. The zero-order valence-electron chi connectivity index (χ0n) is 16.4. The highest BCUT2D eigenvalue weighted by Gasteiger charge is 2.34. The number of alkyl halides is 3. The molecule has 7 nitrogen and oxygen atoms in total. The topological polar surface area (TPSA) is 116 Å². The Kier molecular flexibility index (Phi) is 8.68. The van der Waals surface area contributed by atoms with Crippen LogP contribution >= 0.6 is 11.8 Å². The van der Waals surface area contributed by atoms with Crippen molar-refractivity contribution in [2.75, 3.05) is 13.1 Å². The van der Waals surface area contributed by atoms with E-state index in [-0.39, 0.29) is 27.8 Å². The van der Waals surface area contributed by atoms with Gasteiger partial charge in [-0.05, 0) is 41.6 Å². The number of sulfone groups is 1. The molecule has 1 unspecified atom stereocenters. The van der Waals surface area contributed by atoms with E-state index in [0.29, 0.717) is 0 Å². The number of nitriles is 1. The predicted molar refractivity (Wildman–Crippen MR) is 112 cm³/mol. The van der Waals surface area contributed by atoms with Gasteiger partial charge in [-0.2, -0.15) is 18.4 Å². The average Bonchev–Trinajstić information content (AvgIpc) is 2.71. The summed E-state index contributed by atoms with van der Waals surface area (Å²) in [6, 6.07) is 14.4. The van der Waals surface area contributed by atoms with Gasteiger partial charge >= 0.3 is 5.51 Å². The highest BCUT2D eigenvalue weighted by molar-refractivity contribution is 8.00. The van der Waals surface area contributed by atoms with Gasteiger partial charge in [0.1, 0.15) is 6.54 Å². The smallest absolute Gasteiger partial charge is 0.350 e. The van der Waals surface area contributed by atoms with Crippen LogP contribution in [0.3, 0.4) is 0 Å². The third-order valence-electron chi connectivity index (χ3n) is 4.05. The normalized spacial score (nSPS) is 12.4. The lowest BCUT2D eigenvalue weighted by molar-refractivity contribution is -0.120. The van der Waals surface area contributed by atoms with E-state index in [2.05, 4.69) is 10.6 Å². The second kappa shape index (κ2) is 11.0. The van der Waals surface area contributed by atoms with E-state index in [1.165, 1.54) is 30.3 Å². The molecule has 0 aliphatic rings. The summed E-state index contributed by atoms with van der Waals surface area (Å²) in [5, 5.41) is 11.4. The molecular weight excluding hydrogens is 467 g/mol. The monoisotopic (exact) mass is 485 g/mol. The van der Waals surface area contributed by atoms with Gasteiger partial charge in [-0.3, -0.25) is 9.59 Å². The van der Waals surface area contributed by atoms with Gasteiger partial charge in [-0.25, -0.2) is 8.42 Å². The van der Waals surface area contributed by atoms with Crippen molar-refractivity contribution >= 4 is 33.4 Å². The van der Waals surface area contributed by atoms with Gasteiger partial charge in [0, 0.05) is 17.0 Å². The molecule has 0 aliphatic heterocycles. The summed E-state index contributed by atoms with van der Waals surface area (Å²) in [7, 11) is -4.27. The number of carbonyl (C=O) groups is 2. The molecule has 0 heterocycles. The molecule has 0 bridgehead atoms. The minimum atomic E-state index is -4.54. The second-order valence-electron chi connectivity index (χ2n) is 6.44. The number of nitrogens with one attached hydrogen (secondary N) is 2. The molecule has 2 aromatic carbocycles. The number of nitrogens with zero attached hydrogens (tertiary/aromatic N) is 1. The van der Waals surface area contributed by atoms with E-state index in [4.69, 9.17) is 5.26 Å². The summed E-state index contributed by atoms with van der Waals surface area (Å²) in [6.45, 7) is -1.03. The zero-order valence-corrected chi connectivity index (χ0v) is 18.1. The van der Waals surface area contributed by atoms with E-state index in [0.717, 1.165) is 6.07 Å². The number of rotatable bonds is 9. The Morgan fingerprint density at radius 2 is 1.75 bits per heavy atom. The summed E-state index contributed by atoms with van der Waals surface area (Å²) in [6.07, 6.45) is 0. The number of benzene rings is 2. The van der Waals surface area contributed by atoms with Crippen LogP contribution in [0.5, 0.6) is 0 Å². The molecule has 2 rings (SSSR count). The van der Waals surface area contributed by atoms with Crippen LogP contribution in [-0.4, -0.2) is 44.1 Å². The standard InChI is InChI=1S/C20H18F3N3O4S2/c21-20(22,23)31-16-8-4-5-14(11-16)13-32(29,30)17(19(28)25-10-9-24)12-26-18(27)15-6-2-1-3-7-15/h1-8,11,17H,10,12-13H2,(H,25,28)(H,26,27). The van der Waals surface area contributed by atoms with Crippen molar-refractivity contribution in [1.82, 2.24) is 10.6 Å². The molecule has 0 fully saturated rings. The van der Waals surface area contributed by atoms with Crippen molar-refractivity contribution in [1.29, 1.82) is 5.26 Å². The molecule has 32 heavy (non-hydrogen) atoms. The molecule has 0 saturated carbocycles. The molecule has 12 heteroatoms. The van der Waals surface area contributed by atoms with Crippen LogP contribution in [-0.2, 0) is 20.4 Å². The molecule has 1 atom stereocenters. The van der Waals surface area contributed by atoms with Crippen LogP contribution in [0.25, 0.3) is 0 Å². The Morgan fingerprint density at radius 1 is 1.06 bits per heavy atom. The van der Waals surface area contributed by atoms with Crippen LogP contribution in [0, 0.1) is 11.3 Å². The first kappa shape index (κ1) is 25.2. The minimum absolute atomic E-state index is 0.0479. The van der Waals surface area contributed by atoms with Crippen molar-refractivity contribution in [3.8, 4) is 6.07 Å². The Balaban J connectivity index is 2.21. The number of carbonyl (C=O) groups excluding carboxylic acids is 2. The van der Waals surface area contributed by atoms with Crippen LogP contribution in [0.15, 0.2) is 59.5 Å². The Labute approximate surface area is 186 Å². The van der Waals surface area contributed by atoms with Gasteiger partial charge in [-0.1, -0.05) is 30.3 Å². The van der Waals surface area contributed by atoms with Crippen LogP contribution < -0.4 is 10.6 Å². The quantitative estimate of drug-likeness (QED) is 0.417. The Hall–Kier alpha value is -3.04. The summed E-state index contributed by atoms with van der Waals surface area (Å²) >= 11 is -0.389. The summed E-state index contributed by atoms with van der Waals surface area (Å²) in [4.78, 5) is 24.4. The van der Waals surface area contributed by atoms with Crippen molar-refractivity contribution in [2.24, 2.45) is 0 Å². The molecule has 2 N–H and O–H groups in total. The molecule has 2 amide bonds. The fraction of sp³-hybridized carbons (Fsp3) is 0.250. The second-order valence-corrected chi connectivity index (χ2v) is 9.76. The summed E-state index contributed by atoms with van der Waals surface area (Å²) < 4.78 is 63.7. The predicted octanol–water partition coefficient (Wildman–Crippen LogP) is 2.65. The first-order valence-electron chi connectivity index (χ1n) is 9.06. The van der Waals surface area contributed by atoms with Crippen LogP contribution in [0.4, 0.5) is 13.2 Å². The third-order valence-corrected chi connectivity index (χ3v) is 6.76. The Morgan fingerprint density at radius 3 is 2.38 bits per heavy atom. The average molecular weight is 486 g/mol. The lowest BCUT2D eigenvalue weighted by Crippen LogP contribution is -2.47. The van der Waals surface area contributed by atoms with Crippen LogP contribution in [0.1, 0.15) is 15.9 Å². The molecule has 0 spiro atoms. The maximum Gasteiger partial charge on any atom is 0.446 e. The van der Waals surface area contributed by atoms with Gasteiger partial charge in [0.05, 0.1) is 11.8 Å². The molecule has 2 aromatic rings. The molecule has 0 radical (unpaired) electrons. The maximum absolute atomic E-state index is 12.9. The van der Waals surface area contributed by atoms with Crippen molar-refractivity contribution in [3.05, 3.63) is 65.7 Å². The highest BCUT2D eigenvalue weighted by Crippen LogP contribution is 2.37. The molecular formula is C20H18F3N3O4S2. The fourth-order valence-electron chi connectivity index (χ4n) is 2.67. The third kappa shape index (κ3) is 7.90. The summed E-state index contributed by atoms with van der Waals surface area (Å²) in [5.41, 5.74) is -4.25. The van der Waals surface area contributed by atoms with E-state index < -0.39 is 51.3 Å². The number of hydrogen-bond donors (Lipinski definition) is 2. The van der Waals surface area contributed by atoms with Crippen molar-refractivity contribution < 1.29 is 31.2 Å². The van der Waals surface area contributed by atoms with Gasteiger partial charge < -0.3 is 10.6 Å². The van der Waals surface area contributed by atoms with E-state index >= 15 is 0 Å². The van der Waals surface area contributed by atoms with Crippen molar-refractivity contribution in [3.63, 3.8) is 0 Å². The largest absolute Gasteiger partial charge is 0.446 e. The van der Waals surface area contributed by atoms with Crippen molar-refractivity contribution in [2.45, 2.75) is 21.4 Å². The number of halogens is 3. The first-order chi connectivity index (χ1) is 15.0. The molecule has 0 aromatic heterocycles. The van der Waals surface area contributed by atoms with Gasteiger partial charge in [0.2, 0.25) is 5.91 Å². The number of thioether (sulfide) groups is 1. The maximum atomic E-state index is 12.9. The minimum Gasteiger partial charge on any atom is -0.350 e. The van der Waals surface area contributed by atoms with E-state index in [9.17, 15) is 31.2 Å². The van der Waals surface area contributed by atoms with Crippen LogP contribution in [0.2, 0.25) is 0 Å². The lowest BCUT2D eigenvalue weighted by atomic mass is 10.2. The summed E-state index contributed by atoms with van der Waals surface area (Å²) in [5.74, 6) is -2.34. The molecule has 170 valence electrons. The number of amides is 2. The number of hydrogen-bond acceptors (Lipinski definition) is 6. The van der Waals surface area contributed by atoms with Gasteiger partial charge in [0.25, 0.3) is 5.91 Å². The molecule has 0 aliphatic carbocycles. The van der Waals surface area contributed by atoms with E-state index in [1.807, 2.05) is 0 Å². The lowest BCUT2D eigenvalue weighted by Gasteiger charge is -2.18. The molecule has 0 saturated heterocycles. The van der Waals surface area contributed by atoms with Gasteiger partial charge in [0.15, 0.2) is 15.1 Å². The SMILES string of the molecule is N#CCNC(=O)C(CNC(=O)c1ccccc1)S(=O)(=O)Cc1cccc(SC(F)(F)F)c1. The van der Waals surface area contributed by atoms with E-state index in [1.54, 1.807) is 24.3 Å². The zero-order chi connectivity index (χ0) is 23.8. The fourth-order valence-corrected chi connectivity index (χ4v) is 4.88. The highest BCUT2D eigenvalue weighted by atomic mass is 32.2. The Bertz CT molecular complexity index is 1100.